The van der Waals surface area contributed by atoms with Gasteiger partial charge in [-0.3, -0.25) is 0 Å². The Morgan fingerprint density at radius 1 is 1.22 bits per heavy atom. The molecule has 1 aliphatic rings. The summed E-state index contributed by atoms with van der Waals surface area (Å²) in [7, 11) is 0. The molecule has 1 atom stereocenters. The molecule has 0 aromatic heterocycles. The van der Waals surface area contributed by atoms with Crippen molar-refractivity contribution < 1.29 is 13.9 Å². The summed E-state index contributed by atoms with van der Waals surface area (Å²) in [6.45, 7) is 1.52. The van der Waals surface area contributed by atoms with Gasteiger partial charge in [0, 0.05) is 5.56 Å². The minimum Gasteiger partial charge on any atom is -0.388 e. The van der Waals surface area contributed by atoms with Crippen LogP contribution in [0, 0.1) is 24.5 Å². The van der Waals surface area contributed by atoms with Crippen molar-refractivity contribution in [2.45, 2.75) is 51.6 Å². The Morgan fingerprint density at radius 3 is 2.56 bits per heavy atom. The Balaban J connectivity index is 1.99. The minimum atomic E-state index is -0.888. The first-order valence-corrected chi connectivity index (χ1v) is 6.71. The summed E-state index contributed by atoms with van der Waals surface area (Å²) >= 11 is 0. The summed E-state index contributed by atoms with van der Waals surface area (Å²) in [4.78, 5) is 0. The van der Waals surface area contributed by atoms with Crippen LogP contribution in [0.2, 0.25) is 0 Å². The second kappa shape index (κ2) is 5.79. The first-order chi connectivity index (χ1) is 8.58. The largest absolute Gasteiger partial charge is 0.388 e. The fraction of sp³-hybridized carbons (Fsp3) is 0.600. The predicted molar refractivity (Wildman–Crippen MR) is 67.2 cm³/mol. The molecule has 2 rings (SSSR count). The van der Waals surface area contributed by atoms with Crippen molar-refractivity contribution in [3.63, 3.8) is 0 Å². The molecular formula is C15H20F2O. The zero-order chi connectivity index (χ0) is 13.1. The second-order valence-electron chi connectivity index (χ2n) is 5.37. The lowest BCUT2D eigenvalue weighted by atomic mass is 9.96. The quantitative estimate of drug-likeness (QED) is 0.850. The summed E-state index contributed by atoms with van der Waals surface area (Å²) in [6.07, 6.45) is 5.46. The zero-order valence-electron chi connectivity index (χ0n) is 10.8. The van der Waals surface area contributed by atoms with E-state index in [0.29, 0.717) is 12.3 Å². The summed E-state index contributed by atoms with van der Waals surface area (Å²) < 4.78 is 27.0. The lowest BCUT2D eigenvalue weighted by molar-refractivity contribution is 0.152. The van der Waals surface area contributed by atoms with Crippen LogP contribution in [0.5, 0.6) is 0 Å². The fourth-order valence-electron chi connectivity index (χ4n) is 2.77. The Labute approximate surface area is 107 Å². The summed E-state index contributed by atoms with van der Waals surface area (Å²) in [6, 6.07) is 2.29. The lowest BCUT2D eigenvalue weighted by Gasteiger charge is -2.15. The van der Waals surface area contributed by atoms with Gasteiger partial charge in [-0.25, -0.2) is 8.78 Å². The third-order valence-electron chi connectivity index (χ3n) is 3.96. The smallest absolute Gasteiger partial charge is 0.129 e. The highest BCUT2D eigenvalue weighted by Gasteiger charge is 2.19. The zero-order valence-corrected chi connectivity index (χ0v) is 10.8. The van der Waals surface area contributed by atoms with Crippen LogP contribution < -0.4 is 0 Å². The highest BCUT2D eigenvalue weighted by atomic mass is 19.1. The lowest BCUT2D eigenvalue weighted by Crippen LogP contribution is -2.05. The molecule has 1 aliphatic carbocycles. The van der Waals surface area contributed by atoms with Crippen LogP contribution in [-0.4, -0.2) is 5.11 Å². The molecule has 1 unspecified atom stereocenters. The number of hydrogen-bond donors (Lipinski definition) is 1. The Bertz CT molecular complexity index is 411. The molecule has 0 spiro atoms. The molecule has 0 radical (unpaired) electrons. The minimum absolute atomic E-state index is 0.0936. The van der Waals surface area contributed by atoms with Crippen molar-refractivity contribution in [2.75, 3.05) is 0 Å². The molecule has 0 saturated heterocycles. The van der Waals surface area contributed by atoms with Crippen molar-refractivity contribution in [1.29, 1.82) is 0 Å². The van der Waals surface area contributed by atoms with E-state index in [2.05, 4.69) is 0 Å². The van der Waals surface area contributed by atoms with E-state index >= 15 is 0 Å². The number of benzene rings is 1. The molecule has 1 N–H and O–H groups in total. The topological polar surface area (TPSA) is 20.2 Å². The van der Waals surface area contributed by atoms with Crippen molar-refractivity contribution >= 4 is 0 Å². The Kier molecular flexibility index (Phi) is 4.33. The molecule has 18 heavy (non-hydrogen) atoms. The van der Waals surface area contributed by atoms with E-state index in [4.69, 9.17) is 0 Å². The van der Waals surface area contributed by atoms with Crippen molar-refractivity contribution in [3.05, 3.63) is 34.9 Å². The Morgan fingerprint density at radius 2 is 1.89 bits per heavy atom. The first-order valence-electron chi connectivity index (χ1n) is 6.71. The van der Waals surface area contributed by atoms with Crippen LogP contribution >= 0.6 is 0 Å². The van der Waals surface area contributed by atoms with Crippen molar-refractivity contribution in [3.8, 4) is 0 Å². The predicted octanol–water partition coefficient (Wildman–Crippen LogP) is 4.28. The van der Waals surface area contributed by atoms with Gasteiger partial charge in [0.2, 0.25) is 0 Å². The molecule has 100 valence electrons. The molecule has 1 aromatic carbocycles. The maximum atomic E-state index is 13.7. The fourth-order valence-corrected chi connectivity index (χ4v) is 2.77. The van der Waals surface area contributed by atoms with E-state index in [9.17, 15) is 13.9 Å². The van der Waals surface area contributed by atoms with E-state index in [0.717, 1.165) is 18.6 Å². The van der Waals surface area contributed by atoms with Crippen LogP contribution in [0.25, 0.3) is 0 Å². The van der Waals surface area contributed by atoms with Gasteiger partial charge in [-0.2, -0.15) is 0 Å². The number of hydrogen-bond acceptors (Lipinski definition) is 1. The van der Waals surface area contributed by atoms with E-state index in [-0.39, 0.29) is 11.1 Å². The van der Waals surface area contributed by atoms with Crippen molar-refractivity contribution in [1.82, 2.24) is 0 Å². The van der Waals surface area contributed by atoms with Gasteiger partial charge in [0.15, 0.2) is 0 Å². The van der Waals surface area contributed by atoms with Crippen molar-refractivity contribution in [2.24, 2.45) is 5.92 Å². The average Bonchev–Trinajstić information content (AvgIpc) is 2.84. The van der Waals surface area contributed by atoms with E-state index in [1.165, 1.54) is 32.6 Å². The van der Waals surface area contributed by atoms with Crippen LogP contribution in [0.3, 0.4) is 0 Å². The van der Waals surface area contributed by atoms with Gasteiger partial charge in [-0.1, -0.05) is 25.7 Å². The van der Waals surface area contributed by atoms with E-state index in [1.54, 1.807) is 0 Å². The standard InChI is InChI=1S/C15H20F2O/c1-10-8-14(17)12(9-13(10)16)15(18)7-6-11-4-2-3-5-11/h8-9,11,15,18H,2-7H2,1H3. The van der Waals surface area contributed by atoms with E-state index < -0.39 is 17.7 Å². The number of rotatable bonds is 4. The van der Waals surface area contributed by atoms with Gasteiger partial charge in [-0.15, -0.1) is 0 Å². The van der Waals surface area contributed by atoms with Gasteiger partial charge in [0.1, 0.15) is 11.6 Å². The summed E-state index contributed by atoms with van der Waals surface area (Å²) in [5, 5.41) is 9.97. The number of halogens is 2. The Hall–Kier alpha value is -0.960. The van der Waals surface area contributed by atoms with Gasteiger partial charge < -0.3 is 5.11 Å². The molecule has 1 saturated carbocycles. The molecule has 0 aliphatic heterocycles. The van der Waals surface area contributed by atoms with Crippen LogP contribution in [0.4, 0.5) is 8.78 Å². The molecule has 0 bridgehead atoms. The SMILES string of the molecule is Cc1cc(F)c(C(O)CCC2CCCC2)cc1F. The highest BCUT2D eigenvalue weighted by Crippen LogP contribution is 2.32. The van der Waals surface area contributed by atoms with Gasteiger partial charge in [-0.05, 0) is 43.4 Å². The third kappa shape index (κ3) is 3.08. The maximum Gasteiger partial charge on any atom is 0.129 e. The first kappa shape index (κ1) is 13.5. The number of aryl methyl sites for hydroxylation is 1. The second-order valence-corrected chi connectivity index (χ2v) is 5.37. The molecule has 0 amide bonds. The molecular weight excluding hydrogens is 234 g/mol. The molecule has 1 aromatic rings. The monoisotopic (exact) mass is 254 g/mol. The highest BCUT2D eigenvalue weighted by molar-refractivity contribution is 5.26. The molecule has 1 nitrogen and oxygen atoms in total. The average molecular weight is 254 g/mol. The van der Waals surface area contributed by atoms with Gasteiger partial charge in [0.05, 0.1) is 6.10 Å². The number of aliphatic hydroxyl groups excluding tert-OH is 1. The number of aliphatic hydroxyl groups is 1. The maximum absolute atomic E-state index is 13.7. The normalized spacial score (nSPS) is 18.2. The third-order valence-corrected chi connectivity index (χ3v) is 3.96. The van der Waals surface area contributed by atoms with Gasteiger partial charge in [0.25, 0.3) is 0 Å². The van der Waals surface area contributed by atoms with Gasteiger partial charge >= 0.3 is 0 Å². The summed E-state index contributed by atoms with van der Waals surface area (Å²) in [5.74, 6) is -0.308. The summed E-state index contributed by atoms with van der Waals surface area (Å²) in [5.41, 5.74) is 0.371. The van der Waals surface area contributed by atoms with Crippen LogP contribution in [0.15, 0.2) is 12.1 Å². The van der Waals surface area contributed by atoms with E-state index in [1.807, 2.05) is 0 Å². The van der Waals surface area contributed by atoms with Crippen LogP contribution in [0.1, 0.15) is 55.8 Å². The molecule has 0 heterocycles. The molecule has 1 fully saturated rings. The molecule has 3 heteroatoms. The van der Waals surface area contributed by atoms with Crippen LogP contribution in [-0.2, 0) is 0 Å².